The maximum atomic E-state index is 12.8. The Morgan fingerprint density at radius 1 is 1.26 bits per heavy atom. The van der Waals surface area contributed by atoms with Crippen LogP contribution in [0.25, 0.3) is 11.4 Å². The van der Waals surface area contributed by atoms with E-state index in [0.717, 1.165) is 48.0 Å². The molecular weight excluding hydrogens is 496 g/mol. The molecule has 1 unspecified atom stereocenters. The van der Waals surface area contributed by atoms with Crippen molar-refractivity contribution in [2.24, 2.45) is 5.92 Å². The standard InChI is InChI=1S/C26H31BrN4O3/c1-2-33-23-13-4-3-8-19(23)10-6-14-28-26(32)21-11-7-15-31(17-21)18-24-29-25(30-34-24)20-9-5-12-22(27)16-20/h3-5,8-9,12-13,16,21H,2,6-7,10-11,14-15,17-18H2,1H3,(H,28,32). The SMILES string of the molecule is CCOc1ccccc1CCCNC(=O)C1CCCN(Cc2nc(-c3cccc(Br)c3)no2)C1. The monoisotopic (exact) mass is 526 g/mol. The topological polar surface area (TPSA) is 80.5 Å². The highest BCUT2D eigenvalue weighted by Gasteiger charge is 2.26. The molecule has 3 aromatic rings. The number of hydrogen-bond donors (Lipinski definition) is 1. The minimum Gasteiger partial charge on any atom is -0.494 e. The van der Waals surface area contributed by atoms with Crippen molar-refractivity contribution < 1.29 is 14.1 Å². The summed E-state index contributed by atoms with van der Waals surface area (Å²) in [5.41, 5.74) is 2.09. The first-order valence-corrected chi connectivity index (χ1v) is 12.7. The van der Waals surface area contributed by atoms with Gasteiger partial charge in [0.25, 0.3) is 0 Å². The van der Waals surface area contributed by atoms with Gasteiger partial charge in [0.2, 0.25) is 17.6 Å². The Bertz CT molecular complexity index is 1090. The van der Waals surface area contributed by atoms with Crippen LogP contribution in [0.1, 0.15) is 37.6 Å². The fourth-order valence-electron chi connectivity index (χ4n) is 4.31. The molecule has 4 rings (SSSR count). The van der Waals surface area contributed by atoms with Crippen molar-refractivity contribution in [3.63, 3.8) is 0 Å². The summed E-state index contributed by atoms with van der Waals surface area (Å²) in [5, 5.41) is 7.25. The van der Waals surface area contributed by atoms with Gasteiger partial charge in [0.05, 0.1) is 19.1 Å². The molecule has 1 amide bonds. The van der Waals surface area contributed by atoms with Gasteiger partial charge in [-0.05, 0) is 62.9 Å². The second-order valence-corrected chi connectivity index (χ2v) is 9.45. The van der Waals surface area contributed by atoms with Crippen molar-refractivity contribution in [2.75, 3.05) is 26.2 Å². The van der Waals surface area contributed by atoms with Crippen LogP contribution in [-0.4, -0.2) is 47.2 Å². The van der Waals surface area contributed by atoms with Crippen LogP contribution in [0, 0.1) is 5.92 Å². The first kappa shape index (κ1) is 24.4. The summed E-state index contributed by atoms with van der Waals surface area (Å²) in [6.07, 6.45) is 3.65. The third kappa shape index (κ3) is 6.67. The fraction of sp³-hybridized carbons (Fsp3) is 0.423. The molecule has 180 valence electrons. The molecule has 0 radical (unpaired) electrons. The van der Waals surface area contributed by atoms with Crippen LogP contribution >= 0.6 is 15.9 Å². The Morgan fingerprint density at radius 3 is 3.00 bits per heavy atom. The smallest absolute Gasteiger partial charge is 0.241 e. The number of piperidine rings is 1. The van der Waals surface area contributed by atoms with Gasteiger partial charge in [-0.25, -0.2) is 0 Å². The lowest BCUT2D eigenvalue weighted by molar-refractivity contribution is -0.126. The molecule has 1 saturated heterocycles. The van der Waals surface area contributed by atoms with Gasteiger partial charge in [-0.15, -0.1) is 0 Å². The predicted molar refractivity (Wildman–Crippen MR) is 134 cm³/mol. The van der Waals surface area contributed by atoms with Crippen molar-refractivity contribution in [2.45, 2.75) is 39.2 Å². The van der Waals surface area contributed by atoms with Gasteiger partial charge in [0.15, 0.2) is 0 Å². The van der Waals surface area contributed by atoms with E-state index in [1.165, 1.54) is 5.56 Å². The predicted octanol–water partition coefficient (Wildman–Crippen LogP) is 4.86. The molecule has 1 aliphatic rings. The summed E-state index contributed by atoms with van der Waals surface area (Å²) in [6, 6.07) is 15.9. The molecular formula is C26H31BrN4O3. The molecule has 0 spiro atoms. The zero-order valence-electron chi connectivity index (χ0n) is 19.5. The van der Waals surface area contributed by atoms with Gasteiger partial charge in [-0.1, -0.05) is 51.4 Å². The summed E-state index contributed by atoms with van der Waals surface area (Å²) in [6.45, 7) is 5.49. The number of benzene rings is 2. The molecule has 1 atom stereocenters. The zero-order valence-corrected chi connectivity index (χ0v) is 21.1. The van der Waals surface area contributed by atoms with E-state index in [0.29, 0.717) is 38.0 Å². The van der Waals surface area contributed by atoms with E-state index in [1.807, 2.05) is 49.4 Å². The number of halogens is 1. The number of carbonyl (C=O) groups is 1. The Hall–Kier alpha value is -2.71. The van der Waals surface area contributed by atoms with Crippen LogP contribution in [0.5, 0.6) is 5.75 Å². The van der Waals surface area contributed by atoms with Crippen LogP contribution in [0.2, 0.25) is 0 Å². The molecule has 0 aliphatic carbocycles. The molecule has 8 heteroatoms. The van der Waals surface area contributed by atoms with Crippen molar-refractivity contribution in [3.8, 4) is 17.1 Å². The Kier molecular flexibility index (Phi) is 8.71. The Balaban J connectivity index is 1.23. The number of aromatic nitrogens is 2. The number of carbonyl (C=O) groups excluding carboxylic acids is 1. The van der Waals surface area contributed by atoms with E-state index >= 15 is 0 Å². The van der Waals surface area contributed by atoms with Gasteiger partial charge >= 0.3 is 0 Å². The fourth-order valence-corrected chi connectivity index (χ4v) is 4.71. The molecule has 34 heavy (non-hydrogen) atoms. The normalized spacial score (nSPS) is 16.4. The van der Waals surface area contributed by atoms with Crippen LogP contribution in [0.15, 0.2) is 57.5 Å². The molecule has 1 aliphatic heterocycles. The second kappa shape index (κ2) is 12.1. The Labute approximate surface area is 209 Å². The van der Waals surface area contributed by atoms with Crippen LogP contribution in [0.3, 0.4) is 0 Å². The van der Waals surface area contributed by atoms with Crippen LogP contribution < -0.4 is 10.1 Å². The number of amides is 1. The molecule has 1 N–H and O–H groups in total. The van der Waals surface area contributed by atoms with Gasteiger partial charge in [0, 0.05) is 23.1 Å². The van der Waals surface area contributed by atoms with Crippen molar-refractivity contribution in [1.82, 2.24) is 20.4 Å². The lowest BCUT2D eigenvalue weighted by atomic mass is 9.97. The highest BCUT2D eigenvalue weighted by molar-refractivity contribution is 9.10. The van der Waals surface area contributed by atoms with E-state index < -0.39 is 0 Å². The van der Waals surface area contributed by atoms with Crippen molar-refractivity contribution in [3.05, 3.63) is 64.5 Å². The maximum absolute atomic E-state index is 12.8. The molecule has 1 fully saturated rings. The Morgan fingerprint density at radius 2 is 2.15 bits per heavy atom. The molecule has 1 aromatic heterocycles. The quantitative estimate of drug-likeness (QED) is 0.380. The molecule has 2 aromatic carbocycles. The summed E-state index contributed by atoms with van der Waals surface area (Å²) >= 11 is 3.47. The minimum atomic E-state index is -0.0167. The van der Waals surface area contributed by atoms with Crippen LogP contribution in [0.4, 0.5) is 0 Å². The van der Waals surface area contributed by atoms with Crippen molar-refractivity contribution >= 4 is 21.8 Å². The third-order valence-corrected chi connectivity index (χ3v) is 6.47. The number of ether oxygens (including phenoxy) is 1. The summed E-state index contributed by atoms with van der Waals surface area (Å²) in [4.78, 5) is 19.6. The lowest BCUT2D eigenvalue weighted by Crippen LogP contribution is -2.43. The van der Waals surface area contributed by atoms with E-state index in [1.54, 1.807) is 0 Å². The number of rotatable bonds is 10. The first-order chi connectivity index (χ1) is 16.6. The number of para-hydroxylation sites is 1. The summed E-state index contributed by atoms with van der Waals surface area (Å²) in [5.74, 6) is 2.20. The number of hydrogen-bond acceptors (Lipinski definition) is 6. The van der Waals surface area contributed by atoms with Crippen LogP contribution in [-0.2, 0) is 17.8 Å². The highest BCUT2D eigenvalue weighted by atomic mass is 79.9. The van der Waals surface area contributed by atoms with E-state index in [4.69, 9.17) is 9.26 Å². The summed E-state index contributed by atoms with van der Waals surface area (Å²) < 4.78 is 12.1. The zero-order chi connectivity index (χ0) is 23.8. The van der Waals surface area contributed by atoms with Gasteiger partial charge in [-0.3, -0.25) is 9.69 Å². The first-order valence-electron chi connectivity index (χ1n) is 11.9. The number of nitrogens with zero attached hydrogens (tertiary/aromatic N) is 3. The number of likely N-dealkylation sites (tertiary alicyclic amines) is 1. The molecule has 0 bridgehead atoms. The second-order valence-electron chi connectivity index (χ2n) is 8.53. The molecule has 0 saturated carbocycles. The number of aryl methyl sites for hydroxylation is 1. The van der Waals surface area contributed by atoms with E-state index in [2.05, 4.69) is 42.4 Å². The average molecular weight is 527 g/mol. The molecule has 7 nitrogen and oxygen atoms in total. The lowest BCUT2D eigenvalue weighted by Gasteiger charge is -2.30. The van der Waals surface area contributed by atoms with E-state index in [9.17, 15) is 4.79 Å². The molecule has 2 heterocycles. The van der Waals surface area contributed by atoms with Crippen molar-refractivity contribution in [1.29, 1.82) is 0 Å². The minimum absolute atomic E-state index is 0.0167. The maximum Gasteiger partial charge on any atom is 0.241 e. The summed E-state index contributed by atoms with van der Waals surface area (Å²) in [7, 11) is 0. The van der Waals surface area contributed by atoms with Gasteiger partial charge in [-0.2, -0.15) is 4.98 Å². The third-order valence-electron chi connectivity index (χ3n) is 5.98. The number of nitrogens with one attached hydrogen (secondary N) is 1. The van der Waals surface area contributed by atoms with Gasteiger partial charge < -0.3 is 14.6 Å². The largest absolute Gasteiger partial charge is 0.494 e. The van der Waals surface area contributed by atoms with Gasteiger partial charge in [0.1, 0.15) is 5.75 Å². The average Bonchev–Trinajstić information content (AvgIpc) is 3.31. The van der Waals surface area contributed by atoms with E-state index in [-0.39, 0.29) is 11.8 Å². The highest BCUT2D eigenvalue weighted by Crippen LogP contribution is 2.23.